The highest BCUT2D eigenvalue weighted by Crippen LogP contribution is 2.14. The van der Waals surface area contributed by atoms with Crippen molar-refractivity contribution in [2.45, 2.75) is 26.3 Å². The lowest BCUT2D eigenvalue weighted by Crippen LogP contribution is -2.41. The molecule has 0 unspecified atom stereocenters. The summed E-state index contributed by atoms with van der Waals surface area (Å²) in [7, 11) is 0. The molecule has 0 heterocycles. The lowest BCUT2D eigenvalue weighted by atomic mass is 10.0. The zero-order chi connectivity index (χ0) is 16.2. The maximum atomic E-state index is 12.4. The number of benzene rings is 2. The highest BCUT2D eigenvalue weighted by atomic mass is 16.2. The molecule has 0 spiro atoms. The first kappa shape index (κ1) is 15.8. The first-order chi connectivity index (χ1) is 10.4. The number of carbonyl (C=O) groups excluding carboxylic acids is 2. The van der Waals surface area contributed by atoms with Crippen molar-refractivity contribution in [1.82, 2.24) is 5.32 Å². The summed E-state index contributed by atoms with van der Waals surface area (Å²) in [6.45, 7) is 5.70. The molecule has 2 aromatic rings. The smallest absolute Gasteiger partial charge is 0.256 e. The van der Waals surface area contributed by atoms with Gasteiger partial charge < -0.3 is 10.6 Å². The Morgan fingerprint density at radius 2 is 1.27 bits per heavy atom. The van der Waals surface area contributed by atoms with Crippen LogP contribution < -0.4 is 10.6 Å². The zero-order valence-corrected chi connectivity index (χ0v) is 13.0. The van der Waals surface area contributed by atoms with E-state index in [1.165, 1.54) is 0 Å². The van der Waals surface area contributed by atoms with Crippen LogP contribution in [0.3, 0.4) is 0 Å². The maximum absolute atomic E-state index is 12.4. The van der Waals surface area contributed by atoms with Crippen LogP contribution in [-0.4, -0.2) is 17.4 Å². The van der Waals surface area contributed by atoms with Gasteiger partial charge in [-0.05, 0) is 45.0 Å². The second-order valence-corrected chi connectivity index (χ2v) is 6.07. The second kappa shape index (κ2) is 6.43. The van der Waals surface area contributed by atoms with Crippen molar-refractivity contribution in [2.75, 3.05) is 5.32 Å². The fourth-order valence-corrected chi connectivity index (χ4v) is 2.01. The summed E-state index contributed by atoms with van der Waals surface area (Å²) < 4.78 is 0. The van der Waals surface area contributed by atoms with Crippen LogP contribution in [0.15, 0.2) is 54.6 Å². The molecule has 4 nitrogen and oxygen atoms in total. The lowest BCUT2D eigenvalue weighted by Gasteiger charge is -2.21. The molecule has 22 heavy (non-hydrogen) atoms. The summed E-state index contributed by atoms with van der Waals surface area (Å²) in [5.74, 6) is -0.558. The summed E-state index contributed by atoms with van der Waals surface area (Å²) in [5, 5.41) is 5.67. The summed E-state index contributed by atoms with van der Waals surface area (Å²) >= 11 is 0. The van der Waals surface area contributed by atoms with Gasteiger partial charge in [-0.2, -0.15) is 0 Å². The molecule has 0 aromatic heterocycles. The third kappa shape index (κ3) is 4.19. The number of rotatable bonds is 3. The predicted octanol–water partition coefficient (Wildman–Crippen LogP) is 3.47. The molecule has 2 aromatic carbocycles. The third-order valence-corrected chi connectivity index (χ3v) is 2.94. The van der Waals surface area contributed by atoms with Crippen molar-refractivity contribution < 1.29 is 9.59 Å². The Hall–Kier alpha value is -2.62. The van der Waals surface area contributed by atoms with Crippen molar-refractivity contribution in [3.8, 4) is 0 Å². The Morgan fingerprint density at radius 1 is 0.773 bits per heavy atom. The van der Waals surface area contributed by atoms with Gasteiger partial charge in [0.05, 0.1) is 11.1 Å². The number of anilines is 1. The van der Waals surface area contributed by atoms with E-state index < -0.39 is 0 Å². The summed E-state index contributed by atoms with van der Waals surface area (Å²) in [6, 6.07) is 16.0. The van der Waals surface area contributed by atoms with E-state index in [0.29, 0.717) is 16.8 Å². The van der Waals surface area contributed by atoms with Gasteiger partial charge >= 0.3 is 0 Å². The maximum Gasteiger partial charge on any atom is 0.256 e. The minimum Gasteiger partial charge on any atom is -0.347 e. The Bertz CT molecular complexity index is 673. The van der Waals surface area contributed by atoms with Gasteiger partial charge in [0.2, 0.25) is 0 Å². The van der Waals surface area contributed by atoms with E-state index >= 15 is 0 Å². The zero-order valence-electron chi connectivity index (χ0n) is 13.0. The van der Waals surface area contributed by atoms with Gasteiger partial charge in [0, 0.05) is 11.2 Å². The highest BCUT2D eigenvalue weighted by molar-refractivity contribution is 6.12. The molecule has 0 bridgehead atoms. The van der Waals surface area contributed by atoms with Crippen molar-refractivity contribution >= 4 is 17.5 Å². The van der Waals surface area contributed by atoms with E-state index in [9.17, 15) is 9.59 Å². The van der Waals surface area contributed by atoms with Gasteiger partial charge in [-0.1, -0.05) is 30.3 Å². The van der Waals surface area contributed by atoms with Gasteiger partial charge in [-0.15, -0.1) is 0 Å². The molecule has 0 atom stereocenters. The molecule has 0 fully saturated rings. The van der Waals surface area contributed by atoms with Crippen molar-refractivity contribution in [2.24, 2.45) is 0 Å². The highest BCUT2D eigenvalue weighted by Gasteiger charge is 2.20. The van der Waals surface area contributed by atoms with E-state index in [-0.39, 0.29) is 17.4 Å². The topological polar surface area (TPSA) is 58.2 Å². The van der Waals surface area contributed by atoms with Crippen molar-refractivity contribution in [3.05, 3.63) is 65.7 Å². The average molecular weight is 296 g/mol. The SMILES string of the molecule is CC(C)(C)NC(=O)c1ccccc1C(=O)Nc1ccccc1. The summed E-state index contributed by atoms with van der Waals surface area (Å²) in [4.78, 5) is 24.8. The first-order valence-corrected chi connectivity index (χ1v) is 7.15. The van der Waals surface area contributed by atoms with Gasteiger partial charge in [0.1, 0.15) is 0 Å². The van der Waals surface area contributed by atoms with E-state index in [0.717, 1.165) is 0 Å². The minimum atomic E-state index is -0.361. The number of para-hydroxylation sites is 1. The number of hydrogen-bond acceptors (Lipinski definition) is 2. The Morgan fingerprint density at radius 3 is 1.82 bits per heavy atom. The molecule has 0 aliphatic heterocycles. The molecule has 2 amide bonds. The van der Waals surface area contributed by atoms with Gasteiger partial charge in [0.15, 0.2) is 0 Å². The normalized spacial score (nSPS) is 10.9. The van der Waals surface area contributed by atoms with Gasteiger partial charge in [-0.25, -0.2) is 0 Å². The molecule has 0 saturated carbocycles. The van der Waals surface area contributed by atoms with Crippen LogP contribution in [-0.2, 0) is 0 Å². The number of hydrogen-bond donors (Lipinski definition) is 2. The van der Waals surface area contributed by atoms with E-state index in [4.69, 9.17) is 0 Å². The largest absolute Gasteiger partial charge is 0.347 e. The summed E-state index contributed by atoms with van der Waals surface area (Å²) in [5.41, 5.74) is 1.05. The third-order valence-electron chi connectivity index (χ3n) is 2.94. The Balaban J connectivity index is 2.24. The number of nitrogens with one attached hydrogen (secondary N) is 2. The monoisotopic (exact) mass is 296 g/mol. The van der Waals surface area contributed by atoms with E-state index in [1.54, 1.807) is 36.4 Å². The summed E-state index contributed by atoms with van der Waals surface area (Å²) in [6.07, 6.45) is 0. The molecule has 114 valence electrons. The van der Waals surface area contributed by atoms with Crippen LogP contribution in [0.4, 0.5) is 5.69 Å². The molecule has 0 aliphatic rings. The molecular weight excluding hydrogens is 276 g/mol. The van der Waals surface area contributed by atoms with Crippen LogP contribution in [0.5, 0.6) is 0 Å². The van der Waals surface area contributed by atoms with Crippen LogP contribution in [0.1, 0.15) is 41.5 Å². The second-order valence-electron chi connectivity index (χ2n) is 6.07. The lowest BCUT2D eigenvalue weighted by molar-refractivity contribution is 0.0909. The average Bonchev–Trinajstić information content (AvgIpc) is 2.46. The fourth-order valence-electron chi connectivity index (χ4n) is 2.01. The van der Waals surface area contributed by atoms with Crippen LogP contribution in [0.25, 0.3) is 0 Å². The minimum absolute atomic E-state index is 0.258. The molecule has 4 heteroatoms. The van der Waals surface area contributed by atoms with Gasteiger partial charge in [0.25, 0.3) is 11.8 Å². The quantitative estimate of drug-likeness (QED) is 0.911. The van der Waals surface area contributed by atoms with Crippen LogP contribution >= 0.6 is 0 Å². The molecule has 0 radical (unpaired) electrons. The Labute approximate surface area is 130 Å². The Kier molecular flexibility index (Phi) is 4.61. The molecule has 2 rings (SSSR count). The van der Waals surface area contributed by atoms with Gasteiger partial charge in [-0.3, -0.25) is 9.59 Å². The molecule has 2 N–H and O–H groups in total. The van der Waals surface area contributed by atoms with Crippen molar-refractivity contribution in [1.29, 1.82) is 0 Å². The number of carbonyl (C=O) groups is 2. The molecule has 0 saturated heterocycles. The fraction of sp³-hybridized carbons (Fsp3) is 0.222. The number of amides is 2. The van der Waals surface area contributed by atoms with Crippen LogP contribution in [0.2, 0.25) is 0 Å². The standard InChI is InChI=1S/C18H20N2O2/c1-18(2,3)20-17(22)15-12-8-7-11-14(15)16(21)19-13-9-5-4-6-10-13/h4-12H,1-3H3,(H,19,21)(H,20,22). The molecular formula is C18H20N2O2. The van der Waals surface area contributed by atoms with E-state index in [2.05, 4.69) is 10.6 Å². The first-order valence-electron chi connectivity index (χ1n) is 7.15. The van der Waals surface area contributed by atoms with Crippen molar-refractivity contribution in [3.63, 3.8) is 0 Å². The van der Waals surface area contributed by atoms with E-state index in [1.807, 2.05) is 39.0 Å². The van der Waals surface area contributed by atoms with Crippen LogP contribution in [0, 0.1) is 0 Å². The predicted molar refractivity (Wildman–Crippen MR) is 88.1 cm³/mol. The molecule has 0 aliphatic carbocycles.